The van der Waals surface area contributed by atoms with Crippen molar-refractivity contribution in [3.05, 3.63) is 82.9 Å². The van der Waals surface area contributed by atoms with E-state index >= 15 is 0 Å². The smallest absolute Gasteiger partial charge is 0.392 e. The fraction of sp³-hybridized carbons (Fsp3) is 0.167. The highest BCUT2D eigenvalue weighted by atomic mass is 19.4. The molecule has 0 aliphatic rings. The van der Waals surface area contributed by atoms with Gasteiger partial charge in [-0.1, -0.05) is 35.5 Å². The Balaban J connectivity index is 1.65. The van der Waals surface area contributed by atoms with Crippen molar-refractivity contribution in [1.29, 1.82) is 0 Å². The van der Waals surface area contributed by atoms with Crippen LogP contribution in [-0.4, -0.2) is 20.4 Å². The third-order valence-electron chi connectivity index (χ3n) is 5.21. The normalized spacial score (nSPS) is 11.7. The maximum absolute atomic E-state index is 13.0. The third kappa shape index (κ3) is 4.28. The van der Waals surface area contributed by atoms with Crippen LogP contribution in [-0.2, 0) is 19.4 Å². The second-order valence-corrected chi connectivity index (χ2v) is 7.33. The van der Waals surface area contributed by atoms with Crippen LogP contribution in [0.15, 0.2) is 65.2 Å². The van der Waals surface area contributed by atoms with Gasteiger partial charge >= 0.3 is 6.18 Å². The van der Waals surface area contributed by atoms with Gasteiger partial charge in [0.1, 0.15) is 0 Å². The van der Waals surface area contributed by atoms with Crippen LogP contribution in [0.2, 0.25) is 0 Å². The monoisotopic (exact) mass is 440 g/mol. The van der Waals surface area contributed by atoms with Gasteiger partial charge in [0, 0.05) is 11.1 Å². The highest BCUT2D eigenvalue weighted by Crippen LogP contribution is 2.34. The Labute approximate surface area is 181 Å². The number of aliphatic hydroxyl groups excluding tert-OH is 2. The molecule has 0 unspecified atom stereocenters. The first-order valence-corrected chi connectivity index (χ1v) is 9.76. The van der Waals surface area contributed by atoms with Gasteiger partial charge in [-0.2, -0.15) is 18.2 Å². The van der Waals surface area contributed by atoms with Gasteiger partial charge in [-0.25, -0.2) is 0 Å². The predicted octanol–water partition coefficient (Wildman–Crippen LogP) is 5.38. The SMILES string of the molecule is Cc1cc(-c2nc(-c3ccc(CO)c(CO)c3)no2)ccc1-c1cccc(C(F)(F)F)c1. The van der Waals surface area contributed by atoms with E-state index in [-0.39, 0.29) is 19.1 Å². The number of alkyl halides is 3. The van der Waals surface area contributed by atoms with Crippen LogP contribution in [0.3, 0.4) is 0 Å². The maximum Gasteiger partial charge on any atom is 0.416 e. The first-order chi connectivity index (χ1) is 15.3. The minimum absolute atomic E-state index is 0.189. The number of aromatic nitrogens is 2. The van der Waals surface area contributed by atoms with Crippen molar-refractivity contribution in [1.82, 2.24) is 10.1 Å². The summed E-state index contributed by atoms with van der Waals surface area (Å²) in [6.45, 7) is 1.38. The lowest BCUT2D eigenvalue weighted by atomic mass is 9.97. The summed E-state index contributed by atoms with van der Waals surface area (Å²) < 4.78 is 44.5. The van der Waals surface area contributed by atoms with E-state index in [4.69, 9.17) is 4.52 Å². The summed E-state index contributed by atoms with van der Waals surface area (Å²) in [5, 5.41) is 22.8. The second kappa shape index (κ2) is 8.57. The summed E-state index contributed by atoms with van der Waals surface area (Å²) >= 11 is 0. The molecule has 0 amide bonds. The van der Waals surface area contributed by atoms with Gasteiger partial charge in [0.25, 0.3) is 5.89 Å². The third-order valence-corrected chi connectivity index (χ3v) is 5.21. The summed E-state index contributed by atoms with van der Waals surface area (Å²) in [4.78, 5) is 4.40. The van der Waals surface area contributed by atoms with Crippen molar-refractivity contribution >= 4 is 0 Å². The van der Waals surface area contributed by atoms with Crippen molar-refractivity contribution < 1.29 is 27.9 Å². The number of aliphatic hydroxyl groups is 2. The van der Waals surface area contributed by atoms with Crippen molar-refractivity contribution in [2.45, 2.75) is 26.3 Å². The Hall–Kier alpha value is -3.49. The molecular weight excluding hydrogens is 421 g/mol. The summed E-state index contributed by atoms with van der Waals surface area (Å²) in [5.41, 5.74) is 3.64. The molecule has 0 spiro atoms. The standard InChI is InChI=1S/C24H19F3N2O3/c1-14-9-17(7-8-21(14)15-3-2-4-20(11-15)24(25,26)27)23-28-22(29-32-23)16-5-6-18(12-30)19(10-16)13-31/h2-11,30-31H,12-13H2,1H3. The lowest BCUT2D eigenvalue weighted by Crippen LogP contribution is -2.04. The number of rotatable bonds is 5. The zero-order valence-electron chi connectivity index (χ0n) is 17.0. The molecule has 0 saturated heterocycles. The van der Waals surface area contributed by atoms with Crippen LogP contribution in [0, 0.1) is 6.92 Å². The van der Waals surface area contributed by atoms with Crippen molar-refractivity contribution in [3.8, 4) is 34.0 Å². The van der Waals surface area contributed by atoms with E-state index in [0.717, 1.165) is 17.7 Å². The largest absolute Gasteiger partial charge is 0.416 e. The number of hydrogen-bond donors (Lipinski definition) is 2. The molecule has 0 aliphatic heterocycles. The highest BCUT2D eigenvalue weighted by Gasteiger charge is 2.30. The summed E-state index contributed by atoms with van der Waals surface area (Å²) in [7, 11) is 0. The van der Waals surface area contributed by atoms with Gasteiger partial charge in [-0.15, -0.1) is 0 Å². The number of nitrogens with zero attached hydrogens (tertiary/aromatic N) is 2. The summed E-state index contributed by atoms with van der Waals surface area (Å²) in [5.74, 6) is 0.578. The van der Waals surface area contributed by atoms with E-state index in [1.165, 1.54) is 6.07 Å². The lowest BCUT2D eigenvalue weighted by molar-refractivity contribution is -0.137. The van der Waals surface area contributed by atoms with E-state index in [2.05, 4.69) is 10.1 Å². The molecule has 4 rings (SSSR count). The zero-order chi connectivity index (χ0) is 22.9. The molecule has 1 aromatic heterocycles. The van der Waals surface area contributed by atoms with E-state index in [9.17, 15) is 23.4 Å². The second-order valence-electron chi connectivity index (χ2n) is 7.33. The van der Waals surface area contributed by atoms with Gasteiger partial charge in [-0.3, -0.25) is 0 Å². The quantitative estimate of drug-likeness (QED) is 0.436. The fourth-order valence-electron chi connectivity index (χ4n) is 3.51. The molecular formula is C24H19F3N2O3. The molecule has 5 nitrogen and oxygen atoms in total. The Bertz CT molecular complexity index is 1270. The van der Waals surface area contributed by atoms with Gasteiger partial charge in [-0.05, 0) is 65.1 Å². The predicted molar refractivity (Wildman–Crippen MR) is 112 cm³/mol. The minimum atomic E-state index is -4.41. The van der Waals surface area contributed by atoms with Crippen LogP contribution in [0.4, 0.5) is 13.2 Å². The van der Waals surface area contributed by atoms with E-state index in [1.54, 1.807) is 49.4 Å². The van der Waals surface area contributed by atoms with E-state index in [1.807, 2.05) is 0 Å². The molecule has 0 saturated carbocycles. The van der Waals surface area contributed by atoms with Crippen molar-refractivity contribution in [3.63, 3.8) is 0 Å². The fourth-order valence-corrected chi connectivity index (χ4v) is 3.51. The molecule has 3 aromatic carbocycles. The highest BCUT2D eigenvalue weighted by molar-refractivity contribution is 5.72. The van der Waals surface area contributed by atoms with Crippen LogP contribution in [0.5, 0.6) is 0 Å². The van der Waals surface area contributed by atoms with E-state index < -0.39 is 11.7 Å². The van der Waals surface area contributed by atoms with Gasteiger partial charge in [0.05, 0.1) is 18.8 Å². The molecule has 0 aliphatic carbocycles. The zero-order valence-corrected chi connectivity index (χ0v) is 17.0. The molecule has 164 valence electrons. The first-order valence-electron chi connectivity index (χ1n) is 9.76. The topological polar surface area (TPSA) is 79.4 Å². The Morgan fingerprint density at radius 1 is 0.844 bits per heavy atom. The van der Waals surface area contributed by atoms with Gasteiger partial charge < -0.3 is 14.7 Å². The molecule has 1 heterocycles. The number of aryl methyl sites for hydroxylation is 1. The molecule has 32 heavy (non-hydrogen) atoms. The van der Waals surface area contributed by atoms with Crippen LogP contribution >= 0.6 is 0 Å². The molecule has 0 bridgehead atoms. The summed E-state index contributed by atoms with van der Waals surface area (Å²) in [6.07, 6.45) is -4.41. The van der Waals surface area contributed by atoms with Gasteiger partial charge in [0.2, 0.25) is 5.82 Å². The average molecular weight is 440 g/mol. The van der Waals surface area contributed by atoms with Crippen LogP contribution < -0.4 is 0 Å². The van der Waals surface area contributed by atoms with Crippen molar-refractivity contribution in [2.75, 3.05) is 0 Å². The Morgan fingerprint density at radius 3 is 2.28 bits per heavy atom. The molecule has 2 N–H and O–H groups in total. The molecule has 8 heteroatoms. The number of benzene rings is 3. The Morgan fingerprint density at radius 2 is 1.59 bits per heavy atom. The maximum atomic E-state index is 13.0. The van der Waals surface area contributed by atoms with Gasteiger partial charge in [0.15, 0.2) is 0 Å². The first kappa shape index (κ1) is 21.7. The number of halogens is 3. The van der Waals surface area contributed by atoms with E-state index in [0.29, 0.717) is 39.2 Å². The molecule has 4 aromatic rings. The molecule has 0 radical (unpaired) electrons. The summed E-state index contributed by atoms with van der Waals surface area (Å²) in [6, 6.07) is 15.5. The molecule has 0 atom stereocenters. The van der Waals surface area contributed by atoms with Crippen LogP contribution in [0.1, 0.15) is 22.3 Å². The average Bonchev–Trinajstić information content (AvgIpc) is 3.28. The number of hydrogen-bond acceptors (Lipinski definition) is 5. The van der Waals surface area contributed by atoms with Crippen molar-refractivity contribution in [2.24, 2.45) is 0 Å². The molecule has 0 fully saturated rings. The Kier molecular flexibility index (Phi) is 5.82. The minimum Gasteiger partial charge on any atom is -0.392 e. The lowest BCUT2D eigenvalue weighted by Gasteiger charge is -2.11. The van der Waals surface area contributed by atoms with Crippen LogP contribution in [0.25, 0.3) is 34.0 Å².